The van der Waals surface area contributed by atoms with Crippen LogP contribution in [0.15, 0.2) is 102 Å². The molecule has 0 heterocycles. The molecule has 4 aromatic rings. The van der Waals surface area contributed by atoms with E-state index in [4.69, 9.17) is 23.2 Å². The molecule has 1 unspecified atom stereocenters. The van der Waals surface area contributed by atoms with Crippen LogP contribution in [0.5, 0.6) is 0 Å². The quantitative estimate of drug-likeness (QED) is 0.162. The molecule has 7 nitrogen and oxygen atoms in total. The van der Waals surface area contributed by atoms with Crippen molar-refractivity contribution in [2.75, 3.05) is 10.8 Å². The highest BCUT2D eigenvalue weighted by molar-refractivity contribution is 7.92. The zero-order chi connectivity index (χ0) is 34.3. The predicted molar refractivity (Wildman–Crippen MR) is 193 cm³/mol. The molecule has 1 aliphatic rings. The molecule has 0 aliphatic heterocycles. The number of sulfonamides is 1. The number of amides is 2. The van der Waals surface area contributed by atoms with Gasteiger partial charge in [-0.05, 0) is 68.1 Å². The summed E-state index contributed by atoms with van der Waals surface area (Å²) in [4.78, 5) is 30.6. The summed E-state index contributed by atoms with van der Waals surface area (Å²) in [6, 6.07) is 27.0. The Morgan fingerprint density at radius 3 is 2.08 bits per heavy atom. The maximum absolute atomic E-state index is 14.8. The van der Waals surface area contributed by atoms with E-state index in [0.29, 0.717) is 26.9 Å². The van der Waals surface area contributed by atoms with Gasteiger partial charge in [0.05, 0.1) is 10.6 Å². The van der Waals surface area contributed by atoms with Gasteiger partial charge in [0.2, 0.25) is 11.8 Å². The standard InChI is InChI=1S/C38H41Cl2N3O4S/c1-27-21-22-35(28(2)23-27)43(48(46,47)31-17-10-5-11-18-31)26-37(44)42(25-32-33(39)19-12-20-34(32)40)36(24-29-13-6-3-7-14-29)38(45)41-30-15-8-4-9-16-30/h3,5-7,10-14,17-23,30,36H,4,8-9,15-16,24-26H2,1-2H3,(H,41,45). The van der Waals surface area contributed by atoms with Crippen LogP contribution in [0.4, 0.5) is 5.69 Å². The van der Waals surface area contributed by atoms with Gasteiger partial charge in [-0.2, -0.15) is 0 Å². The zero-order valence-electron chi connectivity index (χ0n) is 27.2. The smallest absolute Gasteiger partial charge is 0.264 e. The lowest BCUT2D eigenvalue weighted by Crippen LogP contribution is -2.55. The van der Waals surface area contributed by atoms with E-state index in [1.807, 2.05) is 56.3 Å². The monoisotopic (exact) mass is 705 g/mol. The molecule has 48 heavy (non-hydrogen) atoms. The number of benzene rings is 4. The number of hydrogen-bond donors (Lipinski definition) is 1. The number of halogens is 2. The number of nitrogens with one attached hydrogen (secondary N) is 1. The molecular weight excluding hydrogens is 665 g/mol. The summed E-state index contributed by atoms with van der Waals surface area (Å²) >= 11 is 13.3. The molecular formula is C38H41Cl2N3O4S. The Balaban J connectivity index is 1.60. The topological polar surface area (TPSA) is 86.8 Å². The number of anilines is 1. The third-order valence-electron chi connectivity index (χ3n) is 8.84. The van der Waals surface area contributed by atoms with Crippen LogP contribution in [0.3, 0.4) is 0 Å². The van der Waals surface area contributed by atoms with Gasteiger partial charge in [-0.15, -0.1) is 0 Å². The van der Waals surface area contributed by atoms with Crippen molar-refractivity contribution in [2.24, 2.45) is 0 Å². The number of nitrogens with zero attached hydrogens (tertiary/aromatic N) is 2. The van der Waals surface area contributed by atoms with Crippen LogP contribution in [0, 0.1) is 13.8 Å². The summed E-state index contributed by atoms with van der Waals surface area (Å²) in [6.45, 7) is 3.09. The molecule has 10 heteroatoms. The molecule has 1 N–H and O–H groups in total. The van der Waals surface area contributed by atoms with E-state index in [1.54, 1.807) is 42.5 Å². The second-order valence-corrected chi connectivity index (χ2v) is 15.1. The van der Waals surface area contributed by atoms with Gasteiger partial charge in [-0.25, -0.2) is 8.42 Å². The van der Waals surface area contributed by atoms with E-state index in [9.17, 15) is 18.0 Å². The summed E-state index contributed by atoms with van der Waals surface area (Å²) in [5, 5.41) is 3.90. The third kappa shape index (κ3) is 8.59. The predicted octanol–water partition coefficient (Wildman–Crippen LogP) is 7.89. The molecule has 2 amide bonds. The van der Waals surface area contributed by atoms with Crippen LogP contribution in [-0.4, -0.2) is 43.8 Å². The number of carbonyl (C=O) groups excluding carboxylic acids is 2. The minimum Gasteiger partial charge on any atom is -0.352 e. The summed E-state index contributed by atoms with van der Waals surface area (Å²) in [5.41, 5.74) is 3.35. The van der Waals surface area contributed by atoms with E-state index in [2.05, 4.69) is 5.32 Å². The van der Waals surface area contributed by atoms with Crippen molar-refractivity contribution in [1.29, 1.82) is 0 Å². The van der Waals surface area contributed by atoms with Crippen molar-refractivity contribution < 1.29 is 18.0 Å². The molecule has 4 aromatic carbocycles. The van der Waals surface area contributed by atoms with Crippen molar-refractivity contribution >= 4 is 50.7 Å². The number of hydrogen-bond acceptors (Lipinski definition) is 4. The van der Waals surface area contributed by atoms with E-state index >= 15 is 0 Å². The molecule has 0 radical (unpaired) electrons. The average Bonchev–Trinajstić information content (AvgIpc) is 3.08. The second kappa shape index (κ2) is 16.0. The van der Waals surface area contributed by atoms with Gasteiger partial charge in [0.15, 0.2) is 0 Å². The van der Waals surface area contributed by atoms with E-state index < -0.39 is 28.5 Å². The first-order chi connectivity index (χ1) is 23.0. The van der Waals surface area contributed by atoms with Gasteiger partial charge in [0, 0.05) is 34.6 Å². The lowest BCUT2D eigenvalue weighted by molar-refractivity contribution is -0.140. The van der Waals surface area contributed by atoms with Crippen molar-refractivity contribution in [3.05, 3.63) is 129 Å². The van der Waals surface area contributed by atoms with Crippen LogP contribution in [0.2, 0.25) is 10.0 Å². The number of aryl methyl sites for hydroxylation is 2. The fourth-order valence-electron chi connectivity index (χ4n) is 6.27. The van der Waals surface area contributed by atoms with Gasteiger partial charge in [0.1, 0.15) is 12.6 Å². The van der Waals surface area contributed by atoms with Gasteiger partial charge in [0.25, 0.3) is 10.0 Å². The Morgan fingerprint density at radius 1 is 0.833 bits per heavy atom. The van der Waals surface area contributed by atoms with Gasteiger partial charge >= 0.3 is 0 Å². The maximum Gasteiger partial charge on any atom is 0.264 e. The molecule has 5 rings (SSSR count). The Bertz CT molecular complexity index is 1810. The number of carbonyl (C=O) groups is 2. The summed E-state index contributed by atoms with van der Waals surface area (Å²) < 4.78 is 29.7. The Labute approximate surface area is 293 Å². The van der Waals surface area contributed by atoms with Gasteiger partial charge in [-0.3, -0.25) is 13.9 Å². The molecule has 1 saturated carbocycles. The van der Waals surface area contributed by atoms with Gasteiger partial charge < -0.3 is 10.2 Å². The SMILES string of the molecule is Cc1ccc(N(CC(=O)N(Cc2c(Cl)cccc2Cl)C(Cc2ccccc2)C(=O)NC2CCCCC2)S(=O)(=O)c2ccccc2)c(C)c1. The maximum atomic E-state index is 14.8. The molecule has 0 spiro atoms. The summed E-state index contributed by atoms with van der Waals surface area (Å²) in [5.74, 6) is -0.864. The first-order valence-corrected chi connectivity index (χ1v) is 18.5. The molecule has 1 aliphatic carbocycles. The first kappa shape index (κ1) is 35.5. The highest BCUT2D eigenvalue weighted by Crippen LogP contribution is 2.31. The van der Waals surface area contributed by atoms with E-state index in [1.165, 1.54) is 17.0 Å². The van der Waals surface area contributed by atoms with Crippen LogP contribution in [0.1, 0.15) is 54.4 Å². The van der Waals surface area contributed by atoms with E-state index in [-0.39, 0.29) is 29.8 Å². The highest BCUT2D eigenvalue weighted by Gasteiger charge is 2.36. The first-order valence-electron chi connectivity index (χ1n) is 16.3. The minimum absolute atomic E-state index is 0.00413. The lowest BCUT2D eigenvalue weighted by atomic mass is 9.94. The fraction of sp³-hybridized carbons (Fsp3) is 0.316. The van der Waals surface area contributed by atoms with Crippen LogP contribution in [-0.2, 0) is 32.6 Å². The normalized spacial score (nSPS) is 14.2. The Morgan fingerprint density at radius 2 is 1.46 bits per heavy atom. The molecule has 1 atom stereocenters. The molecule has 0 saturated heterocycles. The third-order valence-corrected chi connectivity index (χ3v) is 11.3. The fourth-order valence-corrected chi connectivity index (χ4v) is 8.29. The lowest BCUT2D eigenvalue weighted by Gasteiger charge is -2.35. The summed E-state index contributed by atoms with van der Waals surface area (Å²) in [6.07, 6.45) is 5.11. The van der Waals surface area contributed by atoms with Crippen LogP contribution < -0.4 is 9.62 Å². The van der Waals surface area contributed by atoms with Crippen molar-refractivity contribution in [3.63, 3.8) is 0 Å². The molecule has 0 aromatic heterocycles. The van der Waals surface area contributed by atoms with Crippen molar-refractivity contribution in [1.82, 2.24) is 10.2 Å². The Kier molecular flexibility index (Phi) is 11.8. The minimum atomic E-state index is -4.20. The van der Waals surface area contributed by atoms with Crippen molar-refractivity contribution in [2.45, 2.75) is 75.9 Å². The molecule has 1 fully saturated rings. The van der Waals surface area contributed by atoms with Crippen molar-refractivity contribution in [3.8, 4) is 0 Å². The number of rotatable bonds is 12. The Hall–Kier alpha value is -3.85. The van der Waals surface area contributed by atoms with E-state index in [0.717, 1.165) is 47.5 Å². The molecule has 0 bridgehead atoms. The largest absolute Gasteiger partial charge is 0.352 e. The second-order valence-electron chi connectivity index (χ2n) is 12.4. The summed E-state index contributed by atoms with van der Waals surface area (Å²) in [7, 11) is -4.20. The van der Waals surface area contributed by atoms with Gasteiger partial charge in [-0.1, -0.05) is 115 Å². The zero-order valence-corrected chi connectivity index (χ0v) is 29.6. The van der Waals surface area contributed by atoms with Crippen LogP contribution >= 0.6 is 23.2 Å². The molecule has 252 valence electrons. The average molecular weight is 707 g/mol. The highest BCUT2D eigenvalue weighted by atomic mass is 35.5. The van der Waals surface area contributed by atoms with Crippen LogP contribution in [0.25, 0.3) is 0 Å².